The Bertz CT molecular complexity index is 837. The van der Waals surface area contributed by atoms with Gasteiger partial charge in [0, 0.05) is 0 Å². The van der Waals surface area contributed by atoms with Crippen LogP contribution in [0.25, 0.3) is 9.75 Å². The van der Waals surface area contributed by atoms with Crippen LogP contribution in [0, 0.1) is 6.92 Å². The molecule has 0 aliphatic rings. The molecule has 2 rings (SSSR count). The second-order valence-corrected chi connectivity index (χ2v) is 46.2. The molecular weight excluding hydrogens is 682 g/mol. The summed E-state index contributed by atoms with van der Waals surface area (Å²) in [5.41, 5.74) is 1.52. The summed E-state index contributed by atoms with van der Waals surface area (Å²) in [5.74, 6) is 1.29. The first-order valence-electron chi connectivity index (χ1n) is 13.9. The van der Waals surface area contributed by atoms with E-state index in [1.807, 2.05) is 0 Å². The summed E-state index contributed by atoms with van der Waals surface area (Å²) in [7, 11) is 0. The molecule has 0 aromatic carbocycles. The molecule has 0 fully saturated rings. The van der Waals surface area contributed by atoms with E-state index in [-0.39, 0.29) is 0 Å². The second-order valence-electron chi connectivity index (χ2n) is 12.2. The first kappa shape index (κ1) is 31.6. The summed E-state index contributed by atoms with van der Waals surface area (Å²) in [6, 6.07) is 5.15. The van der Waals surface area contributed by atoms with Crippen molar-refractivity contribution in [3.05, 3.63) is 17.7 Å². The van der Waals surface area contributed by atoms with Gasteiger partial charge in [0.25, 0.3) is 0 Å². The van der Waals surface area contributed by atoms with Crippen LogP contribution in [0.15, 0.2) is 17.0 Å². The number of unbranched alkanes of at least 4 members (excludes halogenated alkanes) is 11. The van der Waals surface area contributed by atoms with Crippen LogP contribution in [0.1, 0.15) is 89.5 Å². The summed E-state index contributed by atoms with van der Waals surface area (Å²) < 4.78 is 3.48. The van der Waals surface area contributed by atoms with Crippen LogP contribution >= 0.6 is 34.4 Å². The van der Waals surface area contributed by atoms with E-state index in [0.717, 1.165) is 0 Å². The zero-order valence-electron chi connectivity index (χ0n) is 23.6. The first-order chi connectivity index (χ1) is 16.0. The monoisotopic (exact) mass is 736 g/mol. The molecular formula is C29H52S3Sn2. The fourth-order valence-corrected chi connectivity index (χ4v) is 19.0. The Balaban J connectivity index is 1.82. The van der Waals surface area contributed by atoms with Crippen molar-refractivity contribution in [1.29, 1.82) is 0 Å². The van der Waals surface area contributed by atoms with E-state index in [1.165, 1.54) is 88.4 Å². The fraction of sp³-hybridized carbons (Fsp3) is 0.724. The van der Waals surface area contributed by atoms with Crippen LogP contribution in [0.4, 0.5) is 0 Å². The van der Waals surface area contributed by atoms with Crippen molar-refractivity contribution in [3.63, 3.8) is 0 Å². The van der Waals surface area contributed by atoms with E-state index in [0.29, 0.717) is 0 Å². The van der Waals surface area contributed by atoms with Gasteiger partial charge in [0.05, 0.1) is 0 Å². The molecule has 0 radical (unpaired) electrons. The zero-order valence-corrected chi connectivity index (χ0v) is 31.7. The van der Waals surface area contributed by atoms with Gasteiger partial charge in [0.2, 0.25) is 0 Å². The predicted molar refractivity (Wildman–Crippen MR) is 170 cm³/mol. The average molecular weight is 734 g/mol. The Morgan fingerprint density at radius 3 is 1.53 bits per heavy atom. The third-order valence-corrected chi connectivity index (χ3v) is 29.2. The number of hydrogen-bond acceptors (Lipinski definition) is 3. The number of hydrogen-bond donors (Lipinski definition) is 0. The van der Waals surface area contributed by atoms with Crippen molar-refractivity contribution in [2.75, 3.05) is 5.75 Å². The third kappa shape index (κ3) is 11.0. The van der Waals surface area contributed by atoms with Gasteiger partial charge < -0.3 is 0 Å². The van der Waals surface area contributed by atoms with Crippen molar-refractivity contribution in [2.45, 2.75) is 125 Å². The van der Waals surface area contributed by atoms with Crippen LogP contribution in [0.3, 0.4) is 0 Å². The molecule has 0 aliphatic carbocycles. The topological polar surface area (TPSA) is 0 Å². The van der Waals surface area contributed by atoms with Gasteiger partial charge in [-0.2, -0.15) is 0 Å². The maximum absolute atomic E-state index is 2.61. The summed E-state index contributed by atoms with van der Waals surface area (Å²) in [4.78, 5) is 20.2. The van der Waals surface area contributed by atoms with E-state index >= 15 is 0 Å². The molecule has 0 spiro atoms. The molecule has 0 saturated carbocycles. The Morgan fingerprint density at radius 1 is 0.618 bits per heavy atom. The normalized spacial score (nSPS) is 12.6. The van der Waals surface area contributed by atoms with Crippen LogP contribution in [0.2, 0.25) is 29.6 Å². The minimum absolute atomic E-state index is 1.29. The first-order valence-corrected chi connectivity index (χ1v) is 36.5. The molecule has 2 heterocycles. The zero-order chi connectivity index (χ0) is 25.2. The quantitative estimate of drug-likeness (QED) is 0.0886. The van der Waals surface area contributed by atoms with E-state index in [1.54, 1.807) is 20.4 Å². The summed E-state index contributed by atoms with van der Waals surface area (Å²) in [5, 5.41) is 0. The molecule has 0 N–H and O–H groups in total. The van der Waals surface area contributed by atoms with Gasteiger partial charge in [0.15, 0.2) is 0 Å². The van der Waals surface area contributed by atoms with Crippen LogP contribution in [-0.2, 0) is 0 Å². The van der Waals surface area contributed by atoms with Crippen molar-refractivity contribution < 1.29 is 0 Å². The van der Waals surface area contributed by atoms with Crippen LogP contribution in [0.5, 0.6) is 0 Å². The van der Waals surface area contributed by atoms with Crippen molar-refractivity contribution in [2.24, 2.45) is 0 Å². The van der Waals surface area contributed by atoms with Gasteiger partial charge in [-0.05, 0) is 0 Å². The molecule has 34 heavy (non-hydrogen) atoms. The molecule has 194 valence electrons. The third-order valence-electron chi connectivity index (χ3n) is 6.56. The van der Waals surface area contributed by atoms with Gasteiger partial charge in [-0.1, -0.05) is 39.0 Å². The standard InChI is InChI=1S/C23H34S3.6CH3.2Sn/c1-3-4-5-6-7-8-9-10-11-12-13-14-17-24-21-16-19-26-23(21)22-20(2)15-18-25-22;;;;;;;;/h15-16H,3-14,17H2,1-2H3;6*1H3;;. The summed E-state index contributed by atoms with van der Waals surface area (Å²) in [6.07, 6.45) is 17.2. The van der Waals surface area contributed by atoms with Crippen LogP contribution in [-0.4, -0.2) is 42.5 Å². The summed E-state index contributed by atoms with van der Waals surface area (Å²) in [6.45, 7) is 4.66. The van der Waals surface area contributed by atoms with Crippen molar-refractivity contribution in [3.8, 4) is 9.75 Å². The Kier molecular flexibility index (Phi) is 14.6. The number of thioether (sulfide) groups is 1. The van der Waals surface area contributed by atoms with Gasteiger partial charge in [-0.25, -0.2) is 0 Å². The molecule has 2 aromatic rings. The van der Waals surface area contributed by atoms with E-state index in [2.05, 4.69) is 90.1 Å². The minimum atomic E-state index is -2.06. The average Bonchev–Trinajstić information content (AvgIpc) is 3.34. The predicted octanol–water partition coefficient (Wildman–Crippen LogP) is 10.7. The molecule has 2 aromatic heterocycles. The van der Waals surface area contributed by atoms with Gasteiger partial charge in [-0.15, -0.1) is 0 Å². The number of aryl methyl sites for hydroxylation is 1. The van der Waals surface area contributed by atoms with Crippen molar-refractivity contribution >= 4 is 77.0 Å². The molecule has 0 aliphatic heterocycles. The molecule has 0 saturated heterocycles. The fourth-order valence-electron chi connectivity index (χ4n) is 4.21. The molecule has 0 unspecified atom stereocenters. The molecule has 0 nitrogen and oxygen atoms in total. The Labute approximate surface area is 233 Å². The molecule has 0 bridgehead atoms. The number of rotatable bonds is 17. The van der Waals surface area contributed by atoms with E-state index in [9.17, 15) is 0 Å². The van der Waals surface area contributed by atoms with Gasteiger partial charge in [0.1, 0.15) is 0 Å². The van der Waals surface area contributed by atoms with Gasteiger partial charge >= 0.3 is 197 Å². The second kappa shape index (κ2) is 15.7. The number of thiophene rings is 2. The molecule has 0 atom stereocenters. The SMILES string of the molecule is CCCCCCCCCCCCCCSc1c[c]([Sn]([CH3])([CH3])[CH3])sc1-c1s[c]([Sn]([CH3])([CH3])[CH3])cc1C. The van der Waals surface area contributed by atoms with E-state index < -0.39 is 36.8 Å². The molecule has 5 heteroatoms. The molecule has 0 amide bonds. The Morgan fingerprint density at radius 2 is 1.06 bits per heavy atom. The van der Waals surface area contributed by atoms with Crippen LogP contribution < -0.4 is 5.79 Å². The van der Waals surface area contributed by atoms with Gasteiger partial charge in [-0.3, -0.25) is 0 Å². The van der Waals surface area contributed by atoms with Crippen molar-refractivity contribution in [1.82, 2.24) is 0 Å². The Hall–Kier alpha value is 1.35. The maximum atomic E-state index is 2.61. The van der Waals surface area contributed by atoms with E-state index in [4.69, 9.17) is 0 Å². The summed E-state index contributed by atoms with van der Waals surface area (Å²) >= 11 is 2.35.